The second kappa shape index (κ2) is 6.94. The van der Waals surface area contributed by atoms with Crippen LogP contribution < -0.4 is 5.32 Å². The molecule has 0 atom stereocenters. The Balaban J connectivity index is 2.27. The van der Waals surface area contributed by atoms with Crippen molar-refractivity contribution in [1.82, 2.24) is 0 Å². The van der Waals surface area contributed by atoms with Crippen LogP contribution in [0.4, 0.5) is 5.69 Å². The Kier molecular flexibility index (Phi) is 4.99. The minimum absolute atomic E-state index is 0.224. The highest BCUT2D eigenvalue weighted by Crippen LogP contribution is 2.18. The molecular formula is C17H14ClNO2. The third-order valence-electron chi connectivity index (χ3n) is 2.83. The van der Waals surface area contributed by atoms with Crippen molar-refractivity contribution in [3.05, 3.63) is 64.2 Å². The molecule has 0 bridgehead atoms. The van der Waals surface area contributed by atoms with E-state index in [9.17, 15) is 4.79 Å². The van der Waals surface area contributed by atoms with E-state index < -0.39 is 0 Å². The summed E-state index contributed by atoms with van der Waals surface area (Å²) in [5.41, 5.74) is 2.81. The van der Waals surface area contributed by atoms with Crippen LogP contribution >= 0.6 is 11.6 Å². The van der Waals surface area contributed by atoms with Crippen molar-refractivity contribution in [2.45, 2.75) is 6.92 Å². The molecule has 21 heavy (non-hydrogen) atoms. The number of nitrogens with one attached hydrogen (secondary N) is 1. The highest BCUT2D eigenvalue weighted by molar-refractivity contribution is 6.30. The summed E-state index contributed by atoms with van der Waals surface area (Å²) in [6.07, 6.45) is 0. The van der Waals surface area contributed by atoms with Gasteiger partial charge in [-0.2, -0.15) is 0 Å². The van der Waals surface area contributed by atoms with Gasteiger partial charge in [0.1, 0.15) is 6.61 Å². The average Bonchev–Trinajstić information content (AvgIpc) is 2.47. The highest BCUT2D eigenvalue weighted by Gasteiger charge is 2.08. The molecule has 0 spiro atoms. The third-order valence-corrected chi connectivity index (χ3v) is 3.08. The van der Waals surface area contributed by atoms with Gasteiger partial charge in [-0.05, 0) is 48.9 Å². The van der Waals surface area contributed by atoms with E-state index in [-0.39, 0.29) is 12.5 Å². The van der Waals surface area contributed by atoms with Gasteiger partial charge in [-0.15, -0.1) is 0 Å². The molecule has 2 N–H and O–H groups in total. The lowest BCUT2D eigenvalue weighted by Gasteiger charge is -2.09. The van der Waals surface area contributed by atoms with E-state index in [4.69, 9.17) is 16.7 Å². The maximum Gasteiger partial charge on any atom is 0.255 e. The maximum atomic E-state index is 12.2. The van der Waals surface area contributed by atoms with Gasteiger partial charge in [-0.25, -0.2) is 0 Å². The van der Waals surface area contributed by atoms with Crippen LogP contribution in [0.15, 0.2) is 42.5 Å². The molecule has 0 aliphatic carbocycles. The number of aliphatic hydroxyl groups is 1. The first kappa shape index (κ1) is 15.1. The highest BCUT2D eigenvalue weighted by atomic mass is 35.5. The van der Waals surface area contributed by atoms with E-state index in [0.29, 0.717) is 21.8 Å². The van der Waals surface area contributed by atoms with Crippen LogP contribution in [-0.2, 0) is 0 Å². The zero-order chi connectivity index (χ0) is 15.2. The molecule has 0 saturated heterocycles. The number of hydrogen-bond acceptors (Lipinski definition) is 2. The quantitative estimate of drug-likeness (QED) is 0.836. The molecule has 2 aromatic rings. The number of carbonyl (C=O) groups excluding carboxylic acids is 1. The molecule has 0 aliphatic rings. The second-order valence-electron chi connectivity index (χ2n) is 4.47. The normalized spacial score (nSPS) is 9.67. The first-order valence-electron chi connectivity index (χ1n) is 6.37. The standard InChI is InChI=1S/C17H14ClNO2/c1-12-4-5-13(3-2-10-20)16(11-12)19-17(21)14-6-8-15(18)9-7-14/h4-9,11,20H,10H2,1H3,(H,19,21). The fourth-order valence-corrected chi connectivity index (χ4v) is 1.93. The smallest absolute Gasteiger partial charge is 0.255 e. The van der Waals surface area contributed by atoms with Crippen LogP contribution in [0.25, 0.3) is 0 Å². The van der Waals surface area contributed by atoms with Gasteiger partial charge in [0.15, 0.2) is 0 Å². The zero-order valence-electron chi connectivity index (χ0n) is 11.5. The topological polar surface area (TPSA) is 49.3 Å². The van der Waals surface area contributed by atoms with Crippen LogP contribution in [0.5, 0.6) is 0 Å². The van der Waals surface area contributed by atoms with Crippen molar-refractivity contribution in [2.24, 2.45) is 0 Å². The summed E-state index contributed by atoms with van der Waals surface area (Å²) in [6.45, 7) is 1.71. The van der Waals surface area contributed by atoms with Gasteiger partial charge in [-0.1, -0.05) is 29.5 Å². The predicted octanol–water partition coefficient (Wildman–Crippen LogP) is 3.24. The van der Waals surface area contributed by atoms with Gasteiger partial charge in [0, 0.05) is 16.1 Å². The summed E-state index contributed by atoms with van der Waals surface area (Å²) < 4.78 is 0. The fourth-order valence-electron chi connectivity index (χ4n) is 1.80. The maximum absolute atomic E-state index is 12.2. The number of carbonyl (C=O) groups is 1. The Morgan fingerprint density at radius 3 is 2.62 bits per heavy atom. The molecule has 0 radical (unpaired) electrons. The number of anilines is 1. The number of benzene rings is 2. The molecule has 0 aliphatic heterocycles. The Morgan fingerprint density at radius 1 is 1.24 bits per heavy atom. The summed E-state index contributed by atoms with van der Waals surface area (Å²) in [6, 6.07) is 12.2. The van der Waals surface area contributed by atoms with E-state index >= 15 is 0 Å². The van der Waals surface area contributed by atoms with Crippen LogP contribution in [0.3, 0.4) is 0 Å². The van der Waals surface area contributed by atoms with Gasteiger partial charge in [-0.3, -0.25) is 4.79 Å². The van der Waals surface area contributed by atoms with Crippen molar-refractivity contribution in [3.8, 4) is 11.8 Å². The molecule has 0 unspecified atom stereocenters. The van der Waals surface area contributed by atoms with E-state index in [0.717, 1.165) is 5.56 Å². The number of amides is 1. The molecule has 0 fully saturated rings. The van der Waals surface area contributed by atoms with Crippen molar-refractivity contribution < 1.29 is 9.90 Å². The molecule has 106 valence electrons. The Morgan fingerprint density at radius 2 is 1.95 bits per heavy atom. The van der Waals surface area contributed by atoms with Gasteiger partial charge >= 0.3 is 0 Å². The monoisotopic (exact) mass is 299 g/mol. The molecular weight excluding hydrogens is 286 g/mol. The SMILES string of the molecule is Cc1ccc(C#CCO)c(NC(=O)c2ccc(Cl)cc2)c1. The largest absolute Gasteiger partial charge is 0.384 e. The number of halogens is 1. The number of aliphatic hydroxyl groups excluding tert-OH is 1. The second-order valence-corrected chi connectivity index (χ2v) is 4.91. The number of hydrogen-bond donors (Lipinski definition) is 2. The summed E-state index contributed by atoms with van der Waals surface area (Å²) >= 11 is 5.81. The van der Waals surface area contributed by atoms with E-state index in [1.165, 1.54) is 0 Å². The fraction of sp³-hybridized carbons (Fsp3) is 0.118. The molecule has 0 aromatic heterocycles. The van der Waals surface area contributed by atoms with Crippen LogP contribution in [0.2, 0.25) is 5.02 Å². The first-order valence-corrected chi connectivity index (χ1v) is 6.75. The van der Waals surface area contributed by atoms with Gasteiger partial charge in [0.2, 0.25) is 0 Å². The Hall–Kier alpha value is -2.28. The zero-order valence-corrected chi connectivity index (χ0v) is 12.2. The molecule has 4 heteroatoms. The van der Waals surface area contributed by atoms with Crippen molar-refractivity contribution in [3.63, 3.8) is 0 Å². The minimum atomic E-state index is -0.232. The van der Waals surface area contributed by atoms with Crippen LogP contribution in [-0.4, -0.2) is 17.6 Å². The van der Waals surface area contributed by atoms with Gasteiger partial charge in [0.05, 0.1) is 5.69 Å². The van der Waals surface area contributed by atoms with Gasteiger partial charge < -0.3 is 10.4 Å². The third kappa shape index (κ3) is 4.09. The summed E-state index contributed by atoms with van der Waals surface area (Å²) in [5, 5.41) is 12.2. The van der Waals surface area contributed by atoms with E-state index in [2.05, 4.69) is 17.2 Å². The molecule has 0 heterocycles. The molecule has 1 amide bonds. The lowest BCUT2D eigenvalue weighted by molar-refractivity contribution is 0.102. The Labute approximate surface area is 128 Å². The van der Waals surface area contributed by atoms with Crippen molar-refractivity contribution in [2.75, 3.05) is 11.9 Å². The predicted molar refractivity (Wildman–Crippen MR) is 84.5 cm³/mol. The molecule has 0 saturated carbocycles. The molecule has 2 aromatic carbocycles. The van der Waals surface area contributed by atoms with E-state index in [1.54, 1.807) is 24.3 Å². The number of aryl methyl sites for hydroxylation is 1. The summed E-state index contributed by atoms with van der Waals surface area (Å²) in [7, 11) is 0. The minimum Gasteiger partial charge on any atom is -0.384 e. The summed E-state index contributed by atoms with van der Waals surface area (Å²) in [4.78, 5) is 12.2. The van der Waals surface area contributed by atoms with Crippen molar-refractivity contribution in [1.29, 1.82) is 0 Å². The molecule has 2 rings (SSSR count). The van der Waals surface area contributed by atoms with Gasteiger partial charge in [0.25, 0.3) is 5.91 Å². The van der Waals surface area contributed by atoms with Crippen molar-refractivity contribution >= 4 is 23.2 Å². The lowest BCUT2D eigenvalue weighted by Crippen LogP contribution is -2.12. The molecule has 3 nitrogen and oxygen atoms in total. The average molecular weight is 300 g/mol. The van der Waals surface area contributed by atoms with Crippen LogP contribution in [0.1, 0.15) is 21.5 Å². The van der Waals surface area contributed by atoms with E-state index in [1.807, 2.05) is 25.1 Å². The van der Waals surface area contributed by atoms with Crippen LogP contribution in [0, 0.1) is 18.8 Å². The lowest BCUT2D eigenvalue weighted by atomic mass is 10.1. The first-order chi connectivity index (χ1) is 10.1. The summed E-state index contributed by atoms with van der Waals surface area (Å²) in [5.74, 6) is 5.17. The number of rotatable bonds is 2. The Bertz CT molecular complexity index is 712.